The fraction of sp³-hybridized carbons (Fsp3) is 0.333. The van der Waals surface area contributed by atoms with Crippen molar-refractivity contribution in [2.75, 3.05) is 13.2 Å². The number of alkyl halides is 6. The van der Waals surface area contributed by atoms with Gasteiger partial charge in [0.05, 0.1) is 35.5 Å². The summed E-state index contributed by atoms with van der Waals surface area (Å²) < 4.78 is 113. The van der Waals surface area contributed by atoms with Gasteiger partial charge in [-0.1, -0.05) is 0 Å². The minimum Gasteiger partial charge on any atom is -0.462 e. The Bertz CT molecular complexity index is 919. The highest BCUT2D eigenvalue weighted by Crippen LogP contribution is 2.31. The molecule has 0 spiro atoms. The van der Waals surface area contributed by atoms with Gasteiger partial charge in [-0.15, -0.1) is 0 Å². The van der Waals surface area contributed by atoms with Crippen LogP contribution in [0.1, 0.15) is 51.1 Å². The van der Waals surface area contributed by atoms with Crippen molar-refractivity contribution in [3.63, 3.8) is 0 Å². The summed E-state index contributed by atoms with van der Waals surface area (Å²) in [4.78, 5) is 23.6. The molecule has 0 atom stereocenters. The molecular formula is C21H16F8O4. The van der Waals surface area contributed by atoms with Crippen molar-refractivity contribution in [2.45, 2.75) is 31.6 Å². The van der Waals surface area contributed by atoms with Crippen molar-refractivity contribution in [1.29, 1.82) is 0 Å². The van der Waals surface area contributed by atoms with Crippen LogP contribution in [0.3, 0.4) is 0 Å². The van der Waals surface area contributed by atoms with Gasteiger partial charge in [0, 0.05) is 0 Å². The van der Waals surface area contributed by atoms with Crippen molar-refractivity contribution in [3.8, 4) is 0 Å². The van der Waals surface area contributed by atoms with E-state index in [-0.39, 0.29) is 32.5 Å². The van der Waals surface area contributed by atoms with Crippen LogP contribution in [0.15, 0.2) is 36.4 Å². The minimum atomic E-state index is -4.77. The number of ether oxygens (including phenoxy) is 2. The second kappa shape index (κ2) is 10.6. The zero-order valence-corrected chi connectivity index (χ0v) is 16.7. The maximum atomic E-state index is 13.6. The minimum absolute atomic E-state index is 0.168. The van der Waals surface area contributed by atoms with E-state index >= 15 is 0 Å². The SMILES string of the molecule is O=C(OCCCCCOC(=O)c1cc(C(F)(F)F)ccc1F)c1cc(C(F)(F)F)ccc1F. The second-order valence-electron chi connectivity index (χ2n) is 6.72. The van der Waals surface area contributed by atoms with Crippen LogP contribution in [0, 0.1) is 11.6 Å². The third kappa shape index (κ3) is 7.43. The maximum Gasteiger partial charge on any atom is 0.416 e. The van der Waals surface area contributed by atoms with Crippen molar-refractivity contribution in [3.05, 3.63) is 70.3 Å². The molecule has 0 aliphatic rings. The fourth-order valence-corrected chi connectivity index (χ4v) is 2.58. The van der Waals surface area contributed by atoms with Crippen LogP contribution in [0.25, 0.3) is 0 Å². The second-order valence-corrected chi connectivity index (χ2v) is 6.72. The zero-order valence-electron chi connectivity index (χ0n) is 16.7. The quantitative estimate of drug-likeness (QED) is 0.255. The molecule has 0 aliphatic heterocycles. The summed E-state index contributed by atoms with van der Waals surface area (Å²) in [5, 5.41) is 0. The molecular weight excluding hydrogens is 468 g/mol. The fourth-order valence-electron chi connectivity index (χ4n) is 2.58. The first-order valence-corrected chi connectivity index (χ1v) is 9.38. The van der Waals surface area contributed by atoms with Gasteiger partial charge >= 0.3 is 24.3 Å². The number of halogens is 8. The van der Waals surface area contributed by atoms with Crippen LogP contribution in [-0.2, 0) is 21.8 Å². The number of hydrogen-bond donors (Lipinski definition) is 0. The van der Waals surface area contributed by atoms with E-state index in [4.69, 9.17) is 9.47 Å². The van der Waals surface area contributed by atoms with Crippen molar-refractivity contribution in [2.24, 2.45) is 0 Å². The number of carbonyl (C=O) groups is 2. The molecule has 0 bridgehead atoms. The largest absolute Gasteiger partial charge is 0.462 e. The molecule has 2 aromatic rings. The van der Waals surface area contributed by atoms with Crippen LogP contribution in [-0.4, -0.2) is 25.2 Å². The molecule has 0 N–H and O–H groups in total. The molecule has 0 radical (unpaired) electrons. The third-order valence-corrected chi connectivity index (χ3v) is 4.28. The lowest BCUT2D eigenvalue weighted by molar-refractivity contribution is -0.138. The van der Waals surface area contributed by atoms with E-state index in [1.54, 1.807) is 0 Å². The highest BCUT2D eigenvalue weighted by atomic mass is 19.4. The Morgan fingerprint density at radius 1 is 0.636 bits per heavy atom. The first kappa shape index (κ1) is 26.1. The first-order chi connectivity index (χ1) is 15.3. The van der Waals surface area contributed by atoms with Gasteiger partial charge in [0.2, 0.25) is 0 Å². The number of carbonyl (C=O) groups excluding carboxylic acids is 2. The summed E-state index contributed by atoms with van der Waals surface area (Å²) in [5.41, 5.74) is -4.17. The van der Waals surface area contributed by atoms with Gasteiger partial charge in [-0.3, -0.25) is 0 Å². The average molecular weight is 484 g/mol. The summed E-state index contributed by atoms with van der Waals surface area (Å²) in [7, 11) is 0. The molecule has 4 nitrogen and oxygen atoms in total. The third-order valence-electron chi connectivity index (χ3n) is 4.28. The van der Waals surface area contributed by atoms with E-state index in [2.05, 4.69) is 0 Å². The Morgan fingerprint density at radius 3 is 1.33 bits per heavy atom. The highest BCUT2D eigenvalue weighted by molar-refractivity contribution is 5.90. The van der Waals surface area contributed by atoms with Crippen molar-refractivity contribution in [1.82, 2.24) is 0 Å². The molecule has 2 rings (SSSR count). The highest BCUT2D eigenvalue weighted by Gasteiger charge is 2.33. The summed E-state index contributed by atoms with van der Waals surface area (Å²) in [6, 6.07) is 2.65. The topological polar surface area (TPSA) is 52.6 Å². The standard InChI is InChI=1S/C21H16F8O4/c22-16-6-4-12(20(24,25)26)10-14(16)18(30)32-8-2-1-3-9-33-19(31)15-11-13(21(27,28)29)5-7-17(15)23/h4-7,10-11H,1-3,8-9H2. The summed E-state index contributed by atoms with van der Waals surface area (Å²) in [6.45, 7) is -0.546. The van der Waals surface area contributed by atoms with Gasteiger partial charge in [-0.05, 0) is 55.7 Å². The maximum absolute atomic E-state index is 13.6. The predicted molar refractivity (Wildman–Crippen MR) is 97.2 cm³/mol. The van der Waals surface area contributed by atoms with Gasteiger partial charge in [-0.25, -0.2) is 18.4 Å². The number of esters is 2. The Morgan fingerprint density at radius 2 is 1.00 bits per heavy atom. The molecule has 0 amide bonds. The molecule has 0 aliphatic carbocycles. The Labute approximate surface area is 182 Å². The van der Waals surface area contributed by atoms with Crippen molar-refractivity contribution < 1.29 is 54.2 Å². The van der Waals surface area contributed by atoms with Gasteiger partial charge in [0.1, 0.15) is 11.6 Å². The van der Waals surface area contributed by atoms with E-state index in [1.165, 1.54) is 0 Å². The van der Waals surface area contributed by atoms with Crippen LogP contribution in [0.4, 0.5) is 35.1 Å². The Hall–Kier alpha value is -3.18. The average Bonchev–Trinajstić information content (AvgIpc) is 2.71. The molecule has 0 heterocycles. The van der Waals surface area contributed by atoms with Gasteiger partial charge < -0.3 is 9.47 Å². The summed E-state index contributed by atoms with van der Waals surface area (Å²) >= 11 is 0. The van der Waals surface area contributed by atoms with Crippen LogP contribution in [0.2, 0.25) is 0 Å². The predicted octanol–water partition coefficient (Wildman–Crippen LogP) is 6.19. The smallest absolute Gasteiger partial charge is 0.416 e. The van der Waals surface area contributed by atoms with Crippen LogP contribution >= 0.6 is 0 Å². The van der Waals surface area contributed by atoms with Gasteiger partial charge in [-0.2, -0.15) is 26.3 Å². The Kier molecular flexibility index (Phi) is 8.39. The molecule has 33 heavy (non-hydrogen) atoms. The molecule has 0 fully saturated rings. The zero-order chi connectivity index (χ0) is 24.8. The molecule has 0 aromatic heterocycles. The number of benzene rings is 2. The van der Waals surface area contributed by atoms with E-state index < -0.39 is 58.2 Å². The lowest BCUT2D eigenvalue weighted by Gasteiger charge is -2.10. The van der Waals surface area contributed by atoms with E-state index in [0.29, 0.717) is 36.4 Å². The monoisotopic (exact) mass is 484 g/mol. The number of unbranched alkanes of at least 4 members (excludes halogenated alkanes) is 2. The molecule has 0 unspecified atom stereocenters. The van der Waals surface area contributed by atoms with Crippen molar-refractivity contribution >= 4 is 11.9 Å². The number of rotatable bonds is 8. The van der Waals surface area contributed by atoms with Gasteiger partial charge in [0.15, 0.2) is 0 Å². The van der Waals surface area contributed by atoms with Gasteiger partial charge in [0.25, 0.3) is 0 Å². The lowest BCUT2D eigenvalue weighted by Crippen LogP contribution is -2.13. The molecule has 180 valence electrons. The molecule has 0 saturated carbocycles. The molecule has 12 heteroatoms. The molecule has 0 saturated heterocycles. The molecule has 2 aromatic carbocycles. The Balaban J connectivity index is 1.76. The summed E-state index contributed by atoms with van der Waals surface area (Å²) in [5.74, 6) is -4.93. The normalized spacial score (nSPS) is 11.9. The first-order valence-electron chi connectivity index (χ1n) is 9.38. The van der Waals surface area contributed by atoms with E-state index in [1.807, 2.05) is 0 Å². The van der Waals surface area contributed by atoms with Crippen LogP contribution < -0.4 is 0 Å². The number of hydrogen-bond acceptors (Lipinski definition) is 4. The van der Waals surface area contributed by atoms with E-state index in [0.717, 1.165) is 0 Å². The van der Waals surface area contributed by atoms with Crippen LogP contribution in [0.5, 0.6) is 0 Å². The van der Waals surface area contributed by atoms with E-state index in [9.17, 15) is 44.7 Å². The summed E-state index contributed by atoms with van der Waals surface area (Å²) in [6.07, 6.45) is -8.92. The lowest BCUT2D eigenvalue weighted by atomic mass is 10.1.